The molecule has 4 aliphatic rings. The van der Waals surface area contributed by atoms with Crippen LogP contribution in [0.2, 0.25) is 0 Å². The first-order valence-corrected chi connectivity index (χ1v) is 12.8. The molecule has 9 atom stereocenters. The molecular formula is C25H32F2O5S. The van der Waals surface area contributed by atoms with Crippen LogP contribution in [0.4, 0.5) is 8.78 Å². The third-order valence-electron chi connectivity index (χ3n) is 9.22. The first kappa shape index (κ1) is 24.6. The lowest BCUT2D eigenvalue weighted by Crippen LogP contribution is -2.70. The standard InChI is InChI=1S/C25H32F2O5S/c1-6-20(30)32-25(21(31)33-5)13(2)9-15-16-11-18(26)17-10-14(28)7-8-22(17,3)24(16,27)19(29)12-23(15,25)4/h7-8,10,13,15-16,18-19,29H,6,9,11-12H2,1-5H3/t13-,15+,16+,18+,19+,22-,23-,24+,25+/m1/s1. The van der Waals surface area contributed by atoms with Crippen molar-refractivity contribution in [1.82, 2.24) is 0 Å². The summed E-state index contributed by atoms with van der Waals surface area (Å²) in [6.45, 7) is 6.78. The molecule has 8 heteroatoms. The van der Waals surface area contributed by atoms with Gasteiger partial charge >= 0.3 is 5.97 Å². The van der Waals surface area contributed by atoms with E-state index in [-0.39, 0.29) is 30.0 Å². The Morgan fingerprint density at radius 3 is 2.55 bits per heavy atom. The largest absolute Gasteiger partial charge is 0.449 e. The van der Waals surface area contributed by atoms with Crippen LogP contribution in [0, 0.1) is 28.6 Å². The molecule has 0 saturated heterocycles. The summed E-state index contributed by atoms with van der Waals surface area (Å²) in [4.78, 5) is 37.8. The normalized spacial score (nSPS) is 48.4. The molecule has 0 aromatic rings. The summed E-state index contributed by atoms with van der Waals surface area (Å²) in [6, 6.07) is 0. The topological polar surface area (TPSA) is 80.7 Å². The van der Waals surface area contributed by atoms with Gasteiger partial charge in [0.25, 0.3) is 0 Å². The molecule has 0 aliphatic heterocycles. The molecule has 3 saturated carbocycles. The van der Waals surface area contributed by atoms with Crippen molar-refractivity contribution in [3.05, 3.63) is 23.8 Å². The summed E-state index contributed by atoms with van der Waals surface area (Å²) in [5.41, 5.74) is -6.25. The molecular weight excluding hydrogens is 450 g/mol. The maximum atomic E-state index is 17.2. The highest BCUT2D eigenvalue weighted by molar-refractivity contribution is 8.13. The zero-order chi connectivity index (χ0) is 24.6. The van der Waals surface area contributed by atoms with Crippen molar-refractivity contribution < 1.29 is 33.0 Å². The fourth-order valence-corrected chi connectivity index (χ4v) is 8.40. The fourth-order valence-electron chi connectivity index (χ4n) is 7.62. The number of rotatable bonds is 3. The first-order chi connectivity index (χ1) is 15.3. The summed E-state index contributed by atoms with van der Waals surface area (Å²) in [5.74, 6) is -2.77. The lowest BCUT2D eigenvalue weighted by atomic mass is 9.44. The lowest BCUT2D eigenvalue weighted by molar-refractivity contribution is -0.228. The Morgan fingerprint density at radius 2 is 1.94 bits per heavy atom. The molecule has 0 radical (unpaired) electrons. The average molecular weight is 483 g/mol. The van der Waals surface area contributed by atoms with Crippen LogP contribution in [0.1, 0.15) is 53.4 Å². The van der Waals surface area contributed by atoms with Crippen LogP contribution in [0.3, 0.4) is 0 Å². The quantitative estimate of drug-likeness (QED) is 0.610. The van der Waals surface area contributed by atoms with Gasteiger partial charge in [-0.25, -0.2) is 8.78 Å². The SMILES string of the molecule is CCC(=O)O[C@]1(C(=O)SC)[C@H](C)C[C@H]2[C@@H]3C[C@H](F)C4=CC(=O)C=C[C@@]4(C)[C@@]3(F)[C@@H](O)C[C@]21C. The molecule has 0 heterocycles. The van der Waals surface area contributed by atoms with E-state index < -0.39 is 63.9 Å². The van der Waals surface area contributed by atoms with Crippen molar-refractivity contribution in [2.45, 2.75) is 76.9 Å². The molecule has 4 rings (SSSR count). The molecule has 0 spiro atoms. The number of hydrogen-bond donors (Lipinski definition) is 1. The van der Waals surface area contributed by atoms with Crippen LogP contribution >= 0.6 is 11.8 Å². The molecule has 0 aromatic heterocycles. The number of carbonyl (C=O) groups excluding carboxylic acids is 3. The fraction of sp³-hybridized carbons (Fsp3) is 0.720. The average Bonchev–Trinajstić information content (AvgIpc) is 2.98. The number of ether oxygens (including phenoxy) is 1. The Labute approximate surface area is 197 Å². The number of aliphatic hydroxyl groups excluding tert-OH is 1. The van der Waals surface area contributed by atoms with Gasteiger partial charge in [-0.05, 0) is 56.1 Å². The summed E-state index contributed by atoms with van der Waals surface area (Å²) in [6.07, 6.45) is 2.45. The Bertz CT molecular complexity index is 964. The van der Waals surface area contributed by atoms with Gasteiger partial charge < -0.3 is 9.84 Å². The highest BCUT2D eigenvalue weighted by Crippen LogP contribution is 2.72. The van der Waals surface area contributed by atoms with E-state index in [9.17, 15) is 19.5 Å². The second-order valence-electron chi connectivity index (χ2n) is 10.6. The zero-order valence-corrected chi connectivity index (χ0v) is 20.5. The van der Waals surface area contributed by atoms with Crippen LogP contribution in [0.5, 0.6) is 0 Å². The van der Waals surface area contributed by atoms with E-state index >= 15 is 8.78 Å². The van der Waals surface area contributed by atoms with Gasteiger partial charge in [-0.3, -0.25) is 14.4 Å². The van der Waals surface area contributed by atoms with E-state index in [4.69, 9.17) is 4.74 Å². The Kier molecular flexibility index (Phi) is 5.76. The molecule has 5 nitrogen and oxygen atoms in total. The van der Waals surface area contributed by atoms with Crippen LogP contribution in [0.25, 0.3) is 0 Å². The van der Waals surface area contributed by atoms with Crippen molar-refractivity contribution in [2.24, 2.45) is 28.6 Å². The lowest BCUT2D eigenvalue weighted by Gasteiger charge is -2.63. The maximum absolute atomic E-state index is 17.2. The van der Waals surface area contributed by atoms with E-state index in [0.717, 1.165) is 17.8 Å². The van der Waals surface area contributed by atoms with Gasteiger partial charge in [0, 0.05) is 29.1 Å². The number of fused-ring (bicyclic) bond motifs is 5. The van der Waals surface area contributed by atoms with Crippen LogP contribution in [0.15, 0.2) is 23.8 Å². The first-order valence-electron chi connectivity index (χ1n) is 11.6. The van der Waals surface area contributed by atoms with Gasteiger partial charge in [-0.2, -0.15) is 0 Å². The number of carbonyl (C=O) groups is 3. The number of thioether (sulfide) groups is 1. The third-order valence-corrected chi connectivity index (χ3v) is 9.89. The van der Waals surface area contributed by atoms with Gasteiger partial charge in [0.1, 0.15) is 6.17 Å². The van der Waals surface area contributed by atoms with Crippen molar-refractivity contribution >= 4 is 28.6 Å². The predicted octanol–water partition coefficient (Wildman–Crippen LogP) is 4.13. The number of hydrogen-bond acceptors (Lipinski definition) is 6. The molecule has 33 heavy (non-hydrogen) atoms. The van der Waals surface area contributed by atoms with Gasteiger partial charge in [0.2, 0.25) is 5.12 Å². The molecule has 1 N–H and O–H groups in total. The molecule has 0 amide bonds. The van der Waals surface area contributed by atoms with Crippen LogP contribution < -0.4 is 0 Å². The summed E-state index contributed by atoms with van der Waals surface area (Å²) in [7, 11) is 0. The Morgan fingerprint density at radius 1 is 1.27 bits per heavy atom. The Hall–Kier alpha value is -1.54. The van der Waals surface area contributed by atoms with Crippen molar-refractivity contribution in [3.8, 4) is 0 Å². The second kappa shape index (κ2) is 7.74. The molecule has 3 fully saturated rings. The molecule has 4 aliphatic carbocycles. The van der Waals surface area contributed by atoms with Crippen molar-refractivity contribution in [2.75, 3.05) is 6.26 Å². The van der Waals surface area contributed by atoms with Crippen LogP contribution in [-0.2, 0) is 19.1 Å². The van der Waals surface area contributed by atoms with E-state index in [1.54, 1.807) is 27.0 Å². The summed E-state index contributed by atoms with van der Waals surface area (Å²) >= 11 is 0.956. The van der Waals surface area contributed by atoms with Gasteiger partial charge in [0.15, 0.2) is 17.1 Å². The van der Waals surface area contributed by atoms with Crippen LogP contribution in [-0.4, -0.2) is 51.8 Å². The zero-order valence-electron chi connectivity index (χ0n) is 19.7. The molecule has 0 aromatic carbocycles. The number of aliphatic hydroxyl groups is 1. The molecule has 182 valence electrons. The minimum absolute atomic E-state index is 0.0614. The van der Waals surface area contributed by atoms with Crippen molar-refractivity contribution in [3.63, 3.8) is 0 Å². The van der Waals surface area contributed by atoms with E-state index in [2.05, 4.69) is 0 Å². The monoisotopic (exact) mass is 482 g/mol. The summed E-state index contributed by atoms with van der Waals surface area (Å²) in [5, 5.41) is 11.1. The van der Waals surface area contributed by atoms with E-state index in [1.807, 2.05) is 6.92 Å². The summed E-state index contributed by atoms with van der Waals surface area (Å²) < 4.78 is 38.6. The smallest absolute Gasteiger partial charge is 0.306 e. The van der Waals surface area contributed by atoms with Gasteiger partial charge in [-0.15, -0.1) is 0 Å². The molecule has 0 bridgehead atoms. The minimum atomic E-state index is -2.23. The molecule has 0 unspecified atom stereocenters. The Balaban J connectivity index is 1.88. The highest BCUT2D eigenvalue weighted by atomic mass is 32.2. The number of halogens is 2. The minimum Gasteiger partial charge on any atom is -0.449 e. The predicted molar refractivity (Wildman–Crippen MR) is 121 cm³/mol. The van der Waals surface area contributed by atoms with Gasteiger partial charge in [0.05, 0.1) is 6.10 Å². The maximum Gasteiger partial charge on any atom is 0.306 e. The highest BCUT2D eigenvalue weighted by Gasteiger charge is 2.78. The van der Waals surface area contributed by atoms with E-state index in [1.165, 1.54) is 12.2 Å². The van der Waals surface area contributed by atoms with E-state index in [0.29, 0.717) is 6.42 Å². The second-order valence-corrected chi connectivity index (χ2v) is 11.3. The number of esters is 1. The third kappa shape index (κ3) is 2.89. The number of ketones is 1. The van der Waals surface area contributed by atoms with Gasteiger partial charge in [-0.1, -0.05) is 38.6 Å². The number of allylic oxidation sites excluding steroid dienone is 4. The van der Waals surface area contributed by atoms with Crippen molar-refractivity contribution in [1.29, 1.82) is 0 Å². The number of alkyl halides is 2.